The maximum atomic E-state index is 13.1. The minimum atomic E-state index is -0.585. The summed E-state index contributed by atoms with van der Waals surface area (Å²) in [6, 6.07) is 16.3. The molecule has 2 N–H and O–H groups in total. The second-order valence-corrected chi connectivity index (χ2v) is 11.7. The van der Waals surface area contributed by atoms with Crippen LogP contribution in [0.15, 0.2) is 82.7 Å². The molecule has 1 aliphatic carbocycles. The molecule has 0 bridgehead atoms. The van der Waals surface area contributed by atoms with E-state index in [-0.39, 0.29) is 28.9 Å². The Balaban J connectivity index is 1.42. The molecular formula is C34H41NO5. The number of benzene rings is 2. The number of carbonyl (C=O) groups is 1. The van der Waals surface area contributed by atoms with Crippen LogP contribution >= 0.6 is 0 Å². The molecule has 0 aliphatic heterocycles. The van der Waals surface area contributed by atoms with Gasteiger partial charge in [0.25, 0.3) is 5.56 Å². The molecule has 212 valence electrons. The number of aromatic nitrogens is 1. The molecule has 6 heteroatoms. The number of carbonyl (C=O) groups excluding carboxylic acids is 1. The Morgan fingerprint density at radius 2 is 1.82 bits per heavy atom. The molecule has 4 rings (SSSR count). The number of para-hydroxylation sites is 1. The molecule has 0 spiro atoms. The van der Waals surface area contributed by atoms with Gasteiger partial charge in [0.1, 0.15) is 5.60 Å². The van der Waals surface area contributed by atoms with Crippen LogP contribution < -0.4 is 5.56 Å². The number of fused-ring (bicyclic) bond motifs is 1. The molecule has 1 aliphatic rings. The van der Waals surface area contributed by atoms with Crippen LogP contribution in [0, 0.1) is 5.92 Å². The molecular weight excluding hydrogens is 502 g/mol. The summed E-state index contributed by atoms with van der Waals surface area (Å²) >= 11 is 0. The van der Waals surface area contributed by atoms with Crippen LogP contribution in [0.5, 0.6) is 11.5 Å². The summed E-state index contributed by atoms with van der Waals surface area (Å²) in [7, 11) is 0. The molecule has 1 saturated carbocycles. The minimum absolute atomic E-state index is 0.0281. The zero-order valence-electron chi connectivity index (χ0n) is 23.9. The number of hydrogen-bond donors (Lipinski definition) is 2. The van der Waals surface area contributed by atoms with E-state index >= 15 is 0 Å². The summed E-state index contributed by atoms with van der Waals surface area (Å²) in [6.07, 6.45) is 11.3. The Morgan fingerprint density at radius 1 is 1.02 bits per heavy atom. The van der Waals surface area contributed by atoms with Crippen molar-refractivity contribution in [2.24, 2.45) is 5.92 Å². The highest BCUT2D eigenvalue weighted by Gasteiger charge is 2.22. The smallest absolute Gasteiger partial charge is 0.334 e. The normalized spacial score (nSPS) is 17.6. The lowest BCUT2D eigenvalue weighted by Gasteiger charge is -2.21. The van der Waals surface area contributed by atoms with E-state index in [0.29, 0.717) is 25.0 Å². The van der Waals surface area contributed by atoms with Gasteiger partial charge in [-0.3, -0.25) is 4.79 Å². The summed E-state index contributed by atoms with van der Waals surface area (Å²) in [5.41, 5.74) is 3.34. The van der Waals surface area contributed by atoms with Crippen molar-refractivity contribution in [2.75, 3.05) is 0 Å². The number of phenolic OH excluding ortho intramolecular Hbond substituents is 2. The SMILES string of the molecule is CC(C)(C)OC(=O)/C(=C\C1CCC/C(=C/CCn2c(=O)ccc3ccccc32)CC1)CCc1ccc(O)c(O)c1. The van der Waals surface area contributed by atoms with Gasteiger partial charge in [0.15, 0.2) is 11.5 Å². The summed E-state index contributed by atoms with van der Waals surface area (Å²) in [6.45, 7) is 6.27. The second-order valence-electron chi connectivity index (χ2n) is 11.7. The van der Waals surface area contributed by atoms with E-state index in [2.05, 4.69) is 12.2 Å². The maximum Gasteiger partial charge on any atom is 0.334 e. The van der Waals surface area contributed by atoms with Gasteiger partial charge in [-0.1, -0.05) is 42.0 Å². The van der Waals surface area contributed by atoms with Crippen LogP contribution in [0.2, 0.25) is 0 Å². The highest BCUT2D eigenvalue weighted by Crippen LogP contribution is 2.31. The lowest BCUT2D eigenvalue weighted by Crippen LogP contribution is -2.25. The van der Waals surface area contributed by atoms with Crippen molar-refractivity contribution in [3.63, 3.8) is 0 Å². The van der Waals surface area contributed by atoms with Gasteiger partial charge in [-0.2, -0.15) is 0 Å². The lowest BCUT2D eigenvalue weighted by molar-refractivity contribution is -0.150. The van der Waals surface area contributed by atoms with Crippen molar-refractivity contribution < 1.29 is 19.7 Å². The van der Waals surface area contributed by atoms with E-state index in [0.717, 1.165) is 55.0 Å². The lowest BCUT2D eigenvalue weighted by atomic mass is 9.94. The first-order valence-corrected chi connectivity index (χ1v) is 14.3. The number of esters is 1. The van der Waals surface area contributed by atoms with E-state index in [1.807, 2.05) is 55.7 Å². The third-order valence-electron chi connectivity index (χ3n) is 7.41. The van der Waals surface area contributed by atoms with Crippen LogP contribution in [0.3, 0.4) is 0 Å². The average molecular weight is 544 g/mol. The van der Waals surface area contributed by atoms with Gasteiger partial charge < -0.3 is 19.5 Å². The fraction of sp³-hybridized carbons (Fsp3) is 0.412. The molecule has 0 amide bonds. The number of rotatable bonds is 8. The van der Waals surface area contributed by atoms with Crippen molar-refractivity contribution in [1.82, 2.24) is 4.57 Å². The number of phenols is 2. The molecule has 1 atom stereocenters. The van der Waals surface area contributed by atoms with Crippen LogP contribution in [-0.2, 0) is 22.5 Å². The standard InChI is InChI=1S/C34H41NO5/c1-34(2,3)40-33(39)28(17-15-26-16-19-30(36)31(37)23-26)22-25-9-6-8-24(13-14-25)10-7-21-35-29-12-5-4-11-27(29)18-20-32(35)38/h4-5,10-12,16,18-20,22-23,25,36-37H,6-9,13-15,17,21H2,1-3H3/b24-10-,28-22-. The first-order valence-electron chi connectivity index (χ1n) is 14.3. The van der Waals surface area contributed by atoms with Gasteiger partial charge in [0.05, 0.1) is 5.52 Å². The predicted molar refractivity (Wildman–Crippen MR) is 160 cm³/mol. The molecule has 0 radical (unpaired) electrons. The Morgan fingerprint density at radius 3 is 2.60 bits per heavy atom. The van der Waals surface area contributed by atoms with Crippen LogP contribution in [0.25, 0.3) is 10.9 Å². The number of aromatic hydroxyl groups is 2. The van der Waals surface area contributed by atoms with Gasteiger partial charge >= 0.3 is 5.97 Å². The monoisotopic (exact) mass is 543 g/mol. The highest BCUT2D eigenvalue weighted by molar-refractivity contribution is 5.88. The van der Waals surface area contributed by atoms with Gasteiger partial charge in [0.2, 0.25) is 0 Å². The van der Waals surface area contributed by atoms with Crippen molar-refractivity contribution in [2.45, 2.75) is 84.3 Å². The molecule has 2 aromatic carbocycles. The minimum Gasteiger partial charge on any atom is -0.504 e. The maximum absolute atomic E-state index is 13.1. The Labute approximate surface area is 236 Å². The van der Waals surface area contributed by atoms with Gasteiger partial charge in [0, 0.05) is 18.2 Å². The number of allylic oxidation sites excluding steroid dienone is 3. The number of aryl methyl sites for hydroxylation is 2. The average Bonchev–Trinajstić information content (AvgIpc) is 3.13. The third-order valence-corrected chi connectivity index (χ3v) is 7.41. The van der Waals surface area contributed by atoms with E-state index in [1.165, 1.54) is 17.7 Å². The number of nitrogens with zero attached hydrogens (tertiary/aromatic N) is 1. The number of pyridine rings is 1. The summed E-state index contributed by atoms with van der Waals surface area (Å²) in [5, 5.41) is 20.5. The van der Waals surface area contributed by atoms with Crippen molar-refractivity contribution in [1.29, 1.82) is 0 Å². The molecule has 6 nitrogen and oxygen atoms in total. The summed E-state index contributed by atoms with van der Waals surface area (Å²) in [4.78, 5) is 25.6. The van der Waals surface area contributed by atoms with Crippen molar-refractivity contribution >= 4 is 16.9 Å². The van der Waals surface area contributed by atoms with Crippen LogP contribution in [-0.4, -0.2) is 26.4 Å². The molecule has 3 aromatic rings. The Hall–Kier alpha value is -3.80. The first-order chi connectivity index (χ1) is 19.1. The number of ether oxygens (including phenoxy) is 1. The molecule has 1 fully saturated rings. The Bertz CT molecular complexity index is 1460. The van der Waals surface area contributed by atoms with Gasteiger partial charge in [-0.05, 0) is 113 Å². The van der Waals surface area contributed by atoms with Crippen LogP contribution in [0.1, 0.15) is 71.3 Å². The highest BCUT2D eigenvalue weighted by atomic mass is 16.6. The topological polar surface area (TPSA) is 88.8 Å². The molecule has 40 heavy (non-hydrogen) atoms. The first kappa shape index (κ1) is 29.2. The molecule has 1 unspecified atom stereocenters. The second kappa shape index (κ2) is 13.0. The molecule has 1 heterocycles. The molecule has 1 aromatic heterocycles. The summed E-state index contributed by atoms with van der Waals surface area (Å²) in [5.74, 6) is -0.328. The van der Waals surface area contributed by atoms with E-state index in [4.69, 9.17) is 4.74 Å². The van der Waals surface area contributed by atoms with Gasteiger partial charge in [-0.25, -0.2) is 4.79 Å². The predicted octanol–water partition coefficient (Wildman–Crippen LogP) is 7.21. The van der Waals surface area contributed by atoms with Crippen molar-refractivity contribution in [3.05, 3.63) is 93.8 Å². The van der Waals surface area contributed by atoms with E-state index in [9.17, 15) is 19.8 Å². The quantitative estimate of drug-likeness (QED) is 0.103. The van der Waals surface area contributed by atoms with Gasteiger partial charge in [-0.15, -0.1) is 0 Å². The summed E-state index contributed by atoms with van der Waals surface area (Å²) < 4.78 is 7.58. The third kappa shape index (κ3) is 8.10. The van der Waals surface area contributed by atoms with Crippen LogP contribution in [0.4, 0.5) is 0 Å². The van der Waals surface area contributed by atoms with E-state index < -0.39 is 5.60 Å². The zero-order chi connectivity index (χ0) is 28.7. The van der Waals surface area contributed by atoms with E-state index in [1.54, 1.807) is 12.1 Å². The number of hydrogen-bond acceptors (Lipinski definition) is 5. The largest absolute Gasteiger partial charge is 0.504 e. The van der Waals surface area contributed by atoms with Crippen molar-refractivity contribution in [3.8, 4) is 11.5 Å². The fourth-order valence-corrected chi connectivity index (χ4v) is 5.36. The Kier molecular flexibility index (Phi) is 9.51. The fourth-order valence-electron chi connectivity index (χ4n) is 5.36. The zero-order valence-corrected chi connectivity index (χ0v) is 23.9. The molecule has 0 saturated heterocycles.